The lowest BCUT2D eigenvalue weighted by molar-refractivity contribution is 0.260. The predicted molar refractivity (Wildman–Crippen MR) is 72.5 cm³/mol. The molecule has 0 aromatic carbocycles. The van der Waals surface area contributed by atoms with E-state index in [1.54, 1.807) is 0 Å². The molecule has 98 valence electrons. The van der Waals surface area contributed by atoms with Gasteiger partial charge in [0.2, 0.25) is 0 Å². The second-order valence-electron chi connectivity index (χ2n) is 5.29. The summed E-state index contributed by atoms with van der Waals surface area (Å²) in [5.41, 5.74) is 1.69. The van der Waals surface area contributed by atoms with Gasteiger partial charge in [0.05, 0.1) is 27.9 Å². The molecule has 1 saturated carbocycles. The number of rotatable bonds is 3. The first-order chi connectivity index (χ1) is 8.62. The minimum Gasteiger partial charge on any atom is -0.268 e. The number of hydrogen-bond acceptors (Lipinski definition) is 2. The number of nitrogens with zero attached hydrogens (tertiary/aromatic N) is 3. The van der Waals surface area contributed by atoms with Crippen molar-refractivity contribution in [3.63, 3.8) is 0 Å². The molecule has 0 amide bonds. The quantitative estimate of drug-likeness (QED) is 0.832. The largest absolute Gasteiger partial charge is 0.268 e. The van der Waals surface area contributed by atoms with Crippen LogP contribution in [-0.4, -0.2) is 9.78 Å². The summed E-state index contributed by atoms with van der Waals surface area (Å²) in [5, 5.41) is 14.7. The maximum absolute atomic E-state index is 9.54. The Labute approximate surface area is 114 Å². The van der Waals surface area contributed by atoms with E-state index in [0.717, 1.165) is 55.1 Å². The van der Waals surface area contributed by atoms with Gasteiger partial charge >= 0.3 is 0 Å². The molecule has 0 atom stereocenters. The summed E-state index contributed by atoms with van der Waals surface area (Å²) in [6.07, 6.45) is 6.30. The van der Waals surface area contributed by atoms with Crippen LogP contribution in [0.1, 0.15) is 50.4 Å². The van der Waals surface area contributed by atoms with Gasteiger partial charge in [0.15, 0.2) is 0 Å². The van der Waals surface area contributed by atoms with Crippen LogP contribution in [0.2, 0.25) is 5.02 Å². The molecular formula is C14H20ClN3. The van der Waals surface area contributed by atoms with Gasteiger partial charge in [-0.15, -0.1) is 0 Å². The zero-order valence-electron chi connectivity index (χ0n) is 11.2. The third-order valence-corrected chi connectivity index (χ3v) is 4.50. The molecule has 0 N–H and O–H groups in total. The molecule has 0 spiro atoms. The molecule has 1 aliphatic carbocycles. The molecule has 18 heavy (non-hydrogen) atoms. The molecule has 2 rings (SSSR count). The SMILES string of the molecule is CCn1nc(C)c(Cl)c1CC1(C#N)CCCCC1. The van der Waals surface area contributed by atoms with E-state index in [0.29, 0.717) is 0 Å². The van der Waals surface area contributed by atoms with Crippen molar-refractivity contribution in [2.75, 3.05) is 0 Å². The first-order valence-electron chi connectivity index (χ1n) is 6.75. The van der Waals surface area contributed by atoms with Gasteiger partial charge in [0.1, 0.15) is 0 Å². The fourth-order valence-corrected chi connectivity index (χ4v) is 3.12. The molecule has 1 fully saturated rings. The number of aryl methyl sites for hydroxylation is 2. The van der Waals surface area contributed by atoms with Crippen molar-refractivity contribution < 1.29 is 0 Å². The van der Waals surface area contributed by atoms with Crippen LogP contribution in [0.25, 0.3) is 0 Å². The molecule has 1 aromatic heterocycles. The van der Waals surface area contributed by atoms with Crippen molar-refractivity contribution in [3.05, 3.63) is 16.4 Å². The highest BCUT2D eigenvalue weighted by atomic mass is 35.5. The fraction of sp³-hybridized carbons (Fsp3) is 0.714. The highest BCUT2D eigenvalue weighted by Crippen LogP contribution is 2.40. The molecule has 0 unspecified atom stereocenters. The molecule has 1 aromatic rings. The summed E-state index contributed by atoms with van der Waals surface area (Å²) in [7, 11) is 0. The van der Waals surface area contributed by atoms with Crippen LogP contribution in [0, 0.1) is 23.7 Å². The van der Waals surface area contributed by atoms with Gasteiger partial charge in [-0.05, 0) is 26.7 Å². The molecule has 3 nitrogen and oxygen atoms in total. The van der Waals surface area contributed by atoms with E-state index >= 15 is 0 Å². The smallest absolute Gasteiger partial charge is 0.0847 e. The van der Waals surface area contributed by atoms with Crippen molar-refractivity contribution in [2.24, 2.45) is 5.41 Å². The van der Waals surface area contributed by atoms with E-state index in [-0.39, 0.29) is 5.41 Å². The van der Waals surface area contributed by atoms with Crippen molar-refractivity contribution in [1.82, 2.24) is 9.78 Å². The third kappa shape index (κ3) is 2.40. The van der Waals surface area contributed by atoms with Crippen LogP contribution in [0.3, 0.4) is 0 Å². The summed E-state index contributed by atoms with van der Waals surface area (Å²) in [4.78, 5) is 0. The van der Waals surface area contributed by atoms with Gasteiger partial charge < -0.3 is 0 Å². The lowest BCUT2D eigenvalue weighted by Gasteiger charge is -2.30. The Balaban J connectivity index is 2.30. The highest BCUT2D eigenvalue weighted by molar-refractivity contribution is 6.31. The van der Waals surface area contributed by atoms with Gasteiger partial charge in [-0.2, -0.15) is 10.4 Å². The Morgan fingerprint density at radius 1 is 1.39 bits per heavy atom. The molecule has 1 heterocycles. The van der Waals surface area contributed by atoms with Gasteiger partial charge in [0, 0.05) is 13.0 Å². The van der Waals surface area contributed by atoms with Gasteiger partial charge in [0.25, 0.3) is 0 Å². The zero-order chi connectivity index (χ0) is 13.2. The predicted octanol–water partition coefficient (Wildman–Crippen LogP) is 3.88. The first-order valence-corrected chi connectivity index (χ1v) is 7.13. The molecule has 4 heteroatoms. The van der Waals surface area contributed by atoms with Crippen LogP contribution in [0.4, 0.5) is 0 Å². The number of halogens is 1. The highest BCUT2D eigenvalue weighted by Gasteiger charge is 2.34. The summed E-state index contributed by atoms with van der Waals surface area (Å²) >= 11 is 6.34. The lowest BCUT2D eigenvalue weighted by atomic mass is 9.72. The van der Waals surface area contributed by atoms with Gasteiger partial charge in [-0.1, -0.05) is 30.9 Å². The standard InChI is InChI=1S/C14H20ClN3/c1-3-18-12(13(15)11(2)17-18)9-14(10-16)7-5-4-6-8-14/h3-9H2,1-2H3. The minimum absolute atomic E-state index is 0.221. The maximum atomic E-state index is 9.54. The van der Waals surface area contributed by atoms with E-state index < -0.39 is 0 Å². The van der Waals surface area contributed by atoms with E-state index in [1.807, 2.05) is 11.6 Å². The molecular weight excluding hydrogens is 246 g/mol. The summed E-state index contributed by atoms with van der Waals surface area (Å²) < 4.78 is 1.95. The maximum Gasteiger partial charge on any atom is 0.0847 e. The Kier molecular flexibility index (Phi) is 3.97. The minimum atomic E-state index is -0.221. The van der Waals surface area contributed by atoms with Crippen molar-refractivity contribution in [1.29, 1.82) is 5.26 Å². The molecule has 0 bridgehead atoms. The Morgan fingerprint density at radius 3 is 2.61 bits per heavy atom. The second-order valence-corrected chi connectivity index (χ2v) is 5.67. The normalized spacial score (nSPS) is 18.6. The van der Waals surface area contributed by atoms with E-state index in [9.17, 15) is 5.26 Å². The summed E-state index contributed by atoms with van der Waals surface area (Å²) in [6, 6.07) is 2.55. The number of aromatic nitrogens is 2. The molecule has 0 aliphatic heterocycles. The van der Waals surface area contributed by atoms with E-state index in [1.165, 1.54) is 6.42 Å². The van der Waals surface area contributed by atoms with Gasteiger partial charge in [-0.25, -0.2) is 0 Å². The molecule has 1 aliphatic rings. The third-order valence-electron chi connectivity index (χ3n) is 4.01. The Morgan fingerprint density at radius 2 is 2.06 bits per heavy atom. The van der Waals surface area contributed by atoms with Crippen LogP contribution < -0.4 is 0 Å². The average molecular weight is 266 g/mol. The molecule has 0 saturated heterocycles. The lowest BCUT2D eigenvalue weighted by Crippen LogP contribution is -2.26. The Bertz CT molecular complexity index is 464. The number of nitriles is 1. The van der Waals surface area contributed by atoms with Crippen molar-refractivity contribution in [3.8, 4) is 6.07 Å². The van der Waals surface area contributed by atoms with Crippen molar-refractivity contribution >= 4 is 11.6 Å². The monoisotopic (exact) mass is 265 g/mol. The van der Waals surface area contributed by atoms with Crippen LogP contribution in [-0.2, 0) is 13.0 Å². The second kappa shape index (κ2) is 5.32. The zero-order valence-corrected chi connectivity index (χ0v) is 11.9. The van der Waals surface area contributed by atoms with Crippen LogP contribution in [0.5, 0.6) is 0 Å². The fourth-order valence-electron chi connectivity index (χ4n) is 2.92. The Hall–Kier alpha value is -1.01. The first kappa shape index (κ1) is 13.4. The van der Waals surface area contributed by atoms with Crippen LogP contribution >= 0.6 is 11.6 Å². The van der Waals surface area contributed by atoms with E-state index in [4.69, 9.17) is 11.6 Å². The van der Waals surface area contributed by atoms with Crippen molar-refractivity contribution in [2.45, 2.75) is 58.9 Å². The average Bonchev–Trinajstić information content (AvgIpc) is 2.67. The number of hydrogen-bond donors (Lipinski definition) is 0. The summed E-state index contributed by atoms with van der Waals surface area (Å²) in [6.45, 7) is 4.80. The summed E-state index contributed by atoms with van der Waals surface area (Å²) in [5.74, 6) is 0. The topological polar surface area (TPSA) is 41.6 Å². The molecule has 0 radical (unpaired) electrons. The van der Waals surface area contributed by atoms with Crippen LogP contribution in [0.15, 0.2) is 0 Å². The van der Waals surface area contributed by atoms with E-state index in [2.05, 4.69) is 18.1 Å². The van der Waals surface area contributed by atoms with Gasteiger partial charge in [-0.3, -0.25) is 4.68 Å².